The molecule has 2 N–H and O–H groups in total. The Morgan fingerprint density at radius 2 is 1.49 bits per heavy atom. The van der Waals surface area contributed by atoms with Crippen molar-refractivity contribution in [2.24, 2.45) is 0 Å². The number of rotatable bonds is 7. The highest BCUT2D eigenvalue weighted by Crippen LogP contribution is 2.43. The van der Waals surface area contributed by atoms with E-state index in [-0.39, 0.29) is 23.6 Å². The minimum absolute atomic E-state index is 0.131. The Bertz CT molecular complexity index is 1670. The SMILES string of the molecule is CCCNC(=O)/C=C1/c2ccccc2N(C(=O)c2ccc(NC(=O)c3ccccc3-c3ccccc3)cc2)CCC1(F)F. The lowest BCUT2D eigenvalue weighted by molar-refractivity contribution is -0.116. The maximum absolute atomic E-state index is 15.4. The number of nitrogens with one attached hydrogen (secondary N) is 2. The number of hydrogen-bond acceptors (Lipinski definition) is 3. The summed E-state index contributed by atoms with van der Waals surface area (Å²) < 4.78 is 30.7. The van der Waals surface area contributed by atoms with Crippen LogP contribution in [0.25, 0.3) is 16.7 Å². The Morgan fingerprint density at radius 1 is 0.837 bits per heavy atom. The van der Waals surface area contributed by atoms with Crippen LogP contribution in [0.3, 0.4) is 0 Å². The topological polar surface area (TPSA) is 78.5 Å². The van der Waals surface area contributed by atoms with E-state index in [1.54, 1.807) is 54.6 Å². The van der Waals surface area contributed by atoms with E-state index < -0.39 is 29.7 Å². The summed E-state index contributed by atoms with van der Waals surface area (Å²) in [5.41, 5.74) is 2.98. The van der Waals surface area contributed by atoms with Crippen molar-refractivity contribution < 1.29 is 23.2 Å². The summed E-state index contributed by atoms with van der Waals surface area (Å²) in [6.45, 7) is 2.00. The Balaban J connectivity index is 1.38. The highest BCUT2D eigenvalue weighted by molar-refractivity contribution is 6.11. The van der Waals surface area contributed by atoms with Crippen LogP contribution in [0.4, 0.5) is 20.2 Å². The predicted octanol–water partition coefficient (Wildman–Crippen LogP) is 7.20. The van der Waals surface area contributed by atoms with Gasteiger partial charge in [-0.25, -0.2) is 8.78 Å². The molecular formula is C35H31F2N3O3. The molecule has 4 aromatic rings. The van der Waals surface area contributed by atoms with E-state index in [1.807, 2.05) is 49.4 Å². The molecule has 6 nitrogen and oxygen atoms in total. The zero-order chi connectivity index (χ0) is 30.4. The van der Waals surface area contributed by atoms with Gasteiger partial charge in [-0.3, -0.25) is 14.4 Å². The maximum atomic E-state index is 15.4. The van der Waals surface area contributed by atoms with Crippen LogP contribution >= 0.6 is 0 Å². The predicted molar refractivity (Wildman–Crippen MR) is 165 cm³/mol. The van der Waals surface area contributed by atoms with Gasteiger partial charge in [-0.1, -0.05) is 73.7 Å². The maximum Gasteiger partial charge on any atom is 0.275 e. The van der Waals surface area contributed by atoms with Gasteiger partial charge in [-0.2, -0.15) is 0 Å². The smallest absolute Gasteiger partial charge is 0.275 e. The number of allylic oxidation sites excluding steroid dienone is 1. The van der Waals surface area contributed by atoms with Crippen molar-refractivity contribution in [3.63, 3.8) is 0 Å². The van der Waals surface area contributed by atoms with Crippen molar-refractivity contribution >= 4 is 34.7 Å². The van der Waals surface area contributed by atoms with Gasteiger partial charge in [-0.15, -0.1) is 0 Å². The fourth-order valence-corrected chi connectivity index (χ4v) is 5.07. The number of carbonyl (C=O) groups excluding carboxylic acids is 3. The molecule has 0 unspecified atom stereocenters. The fraction of sp³-hybridized carbons (Fsp3) is 0.171. The van der Waals surface area contributed by atoms with E-state index >= 15 is 8.78 Å². The molecule has 43 heavy (non-hydrogen) atoms. The highest BCUT2D eigenvalue weighted by atomic mass is 19.3. The lowest BCUT2D eigenvalue weighted by Crippen LogP contribution is -2.33. The molecule has 0 aliphatic carbocycles. The summed E-state index contributed by atoms with van der Waals surface area (Å²) in [7, 11) is 0. The number of carbonyl (C=O) groups is 3. The molecule has 8 heteroatoms. The fourth-order valence-electron chi connectivity index (χ4n) is 5.07. The van der Waals surface area contributed by atoms with Gasteiger partial charge in [0.05, 0.1) is 5.69 Å². The third-order valence-electron chi connectivity index (χ3n) is 7.24. The second kappa shape index (κ2) is 12.8. The van der Waals surface area contributed by atoms with E-state index in [0.717, 1.165) is 17.2 Å². The second-order valence-electron chi connectivity index (χ2n) is 10.2. The van der Waals surface area contributed by atoms with Gasteiger partial charge in [0.2, 0.25) is 5.91 Å². The molecule has 1 aliphatic rings. The number of hydrogen-bond donors (Lipinski definition) is 2. The van der Waals surface area contributed by atoms with Crippen molar-refractivity contribution in [1.29, 1.82) is 0 Å². The first kappa shape index (κ1) is 29.4. The molecule has 4 aromatic carbocycles. The minimum Gasteiger partial charge on any atom is -0.353 e. The molecule has 1 heterocycles. The average Bonchev–Trinajstić information content (AvgIpc) is 3.14. The van der Waals surface area contributed by atoms with E-state index in [4.69, 9.17) is 0 Å². The summed E-state index contributed by atoms with van der Waals surface area (Å²) in [5.74, 6) is -4.69. The summed E-state index contributed by atoms with van der Waals surface area (Å²) in [5, 5.41) is 5.49. The van der Waals surface area contributed by atoms with Crippen LogP contribution in [0.5, 0.6) is 0 Å². The Morgan fingerprint density at radius 3 is 2.21 bits per heavy atom. The van der Waals surface area contributed by atoms with Crippen LogP contribution < -0.4 is 15.5 Å². The normalized spacial score (nSPS) is 14.9. The highest BCUT2D eigenvalue weighted by Gasteiger charge is 2.41. The summed E-state index contributed by atoms with van der Waals surface area (Å²) >= 11 is 0. The molecule has 0 saturated carbocycles. The summed E-state index contributed by atoms with van der Waals surface area (Å²) in [6, 6.07) is 29.6. The van der Waals surface area contributed by atoms with E-state index in [0.29, 0.717) is 29.9 Å². The van der Waals surface area contributed by atoms with Gasteiger partial charge < -0.3 is 15.5 Å². The number of amides is 3. The van der Waals surface area contributed by atoms with E-state index in [1.165, 1.54) is 11.0 Å². The van der Waals surface area contributed by atoms with Crippen molar-refractivity contribution in [2.75, 3.05) is 23.3 Å². The molecule has 0 radical (unpaired) electrons. The molecular weight excluding hydrogens is 548 g/mol. The van der Waals surface area contributed by atoms with Crippen LogP contribution in [0.1, 0.15) is 46.0 Å². The number of nitrogens with zero attached hydrogens (tertiary/aromatic N) is 1. The Hall–Kier alpha value is -5.11. The molecule has 0 atom stereocenters. The first-order valence-electron chi connectivity index (χ1n) is 14.1. The monoisotopic (exact) mass is 579 g/mol. The quantitative estimate of drug-likeness (QED) is 0.227. The lowest BCUT2D eigenvalue weighted by Gasteiger charge is -2.23. The average molecular weight is 580 g/mol. The zero-order valence-corrected chi connectivity index (χ0v) is 23.6. The zero-order valence-electron chi connectivity index (χ0n) is 23.6. The van der Waals surface area contributed by atoms with Crippen LogP contribution in [-0.2, 0) is 4.79 Å². The van der Waals surface area contributed by atoms with Crippen LogP contribution in [-0.4, -0.2) is 36.7 Å². The number of anilines is 2. The van der Waals surface area contributed by atoms with Gasteiger partial charge >= 0.3 is 0 Å². The van der Waals surface area contributed by atoms with Crippen molar-refractivity contribution in [3.8, 4) is 11.1 Å². The molecule has 3 amide bonds. The lowest BCUT2D eigenvalue weighted by atomic mass is 9.97. The first-order valence-corrected chi connectivity index (χ1v) is 14.1. The van der Waals surface area contributed by atoms with Gasteiger partial charge in [0.1, 0.15) is 0 Å². The Labute approximate surface area is 249 Å². The molecule has 0 bridgehead atoms. The van der Waals surface area contributed by atoms with E-state index in [2.05, 4.69) is 10.6 Å². The van der Waals surface area contributed by atoms with E-state index in [9.17, 15) is 14.4 Å². The van der Waals surface area contributed by atoms with Crippen molar-refractivity contribution in [1.82, 2.24) is 5.32 Å². The molecule has 0 saturated heterocycles. The third-order valence-corrected chi connectivity index (χ3v) is 7.24. The van der Waals surface area contributed by atoms with Gasteiger partial charge in [0, 0.05) is 53.5 Å². The van der Waals surface area contributed by atoms with Gasteiger partial charge in [0.15, 0.2) is 0 Å². The first-order chi connectivity index (χ1) is 20.8. The van der Waals surface area contributed by atoms with Crippen molar-refractivity contribution in [2.45, 2.75) is 25.7 Å². The van der Waals surface area contributed by atoms with Crippen LogP contribution in [0.2, 0.25) is 0 Å². The summed E-state index contributed by atoms with van der Waals surface area (Å²) in [6.07, 6.45) is 0.971. The molecule has 0 aromatic heterocycles. The van der Waals surface area contributed by atoms with Gasteiger partial charge in [-0.05, 0) is 53.9 Å². The largest absolute Gasteiger partial charge is 0.353 e. The van der Waals surface area contributed by atoms with Crippen LogP contribution in [0.15, 0.2) is 109 Å². The van der Waals surface area contributed by atoms with Crippen molar-refractivity contribution in [3.05, 3.63) is 126 Å². The molecule has 218 valence electrons. The molecule has 1 aliphatic heterocycles. The number of fused-ring (bicyclic) bond motifs is 1. The number of alkyl halides is 2. The second-order valence-corrected chi connectivity index (χ2v) is 10.2. The number of halogens is 2. The number of para-hydroxylation sites is 1. The summed E-state index contributed by atoms with van der Waals surface area (Å²) in [4.78, 5) is 40.5. The molecule has 0 spiro atoms. The Kier molecular flexibility index (Phi) is 8.76. The number of benzene rings is 4. The third kappa shape index (κ3) is 6.54. The molecule has 5 rings (SSSR count). The molecule has 0 fully saturated rings. The van der Waals surface area contributed by atoms with Gasteiger partial charge in [0.25, 0.3) is 17.7 Å². The van der Waals surface area contributed by atoms with Crippen LogP contribution in [0, 0.1) is 0 Å². The standard InChI is InChI=1S/C35H31F2N3O3/c1-2-21-38-32(41)23-30-29-14-8-9-15-31(29)40(22-20-35(30,36)37)34(43)25-16-18-26(19-17-25)39-33(42)28-13-7-6-12-27(28)24-10-4-3-5-11-24/h3-19,23H,2,20-22H2,1H3,(H,38,41)(H,39,42)/b30-23-. The minimum atomic E-state index is -3.32.